The average Bonchev–Trinajstić information content (AvgIpc) is 3.13. The number of nitrogens with zero attached hydrogens (tertiary/aromatic N) is 2. The molecule has 26 heavy (non-hydrogen) atoms. The topological polar surface area (TPSA) is 66.6 Å². The summed E-state index contributed by atoms with van der Waals surface area (Å²) in [7, 11) is 0. The molecule has 3 rings (SSSR count). The smallest absolute Gasteiger partial charge is 0.222 e. The molecule has 0 radical (unpaired) electrons. The fourth-order valence-corrected chi connectivity index (χ4v) is 4.02. The lowest BCUT2D eigenvalue weighted by Gasteiger charge is -2.17. The lowest BCUT2D eigenvalue weighted by atomic mass is 10.2. The zero-order valence-corrected chi connectivity index (χ0v) is 16.6. The van der Waals surface area contributed by atoms with Gasteiger partial charge in [0.05, 0.1) is 9.93 Å². The standard InChI is InChI=1S/C11H14N2O.C9H13NOS/c12-10-5-3-9(4-6-10)8-13-7-1-2-11(13)14;1-5-10-6(2)9(7(3)11)12-8(10)4/h3-6H,1-2,7-8,12H2;4-5H2,1-3H3. The molecule has 0 spiro atoms. The van der Waals surface area contributed by atoms with Crippen molar-refractivity contribution in [3.63, 3.8) is 0 Å². The van der Waals surface area contributed by atoms with Crippen LogP contribution in [0.5, 0.6) is 0 Å². The SMILES string of the molecule is C=C1SC(C(C)=O)=C(C)N1CC.Nc1ccc(CN2CCCC2=O)cc1. The molecule has 2 heterocycles. The number of anilines is 1. The molecule has 1 fully saturated rings. The third-order valence-electron chi connectivity index (χ3n) is 4.41. The monoisotopic (exact) mass is 373 g/mol. The number of benzene rings is 1. The number of hydrogen-bond acceptors (Lipinski definition) is 5. The van der Waals surface area contributed by atoms with Crippen LogP contribution in [0.3, 0.4) is 0 Å². The molecule has 0 saturated carbocycles. The van der Waals surface area contributed by atoms with E-state index in [9.17, 15) is 9.59 Å². The van der Waals surface area contributed by atoms with Crippen molar-refractivity contribution in [3.8, 4) is 0 Å². The van der Waals surface area contributed by atoms with Crippen molar-refractivity contribution in [2.24, 2.45) is 0 Å². The first kappa shape index (κ1) is 20.1. The summed E-state index contributed by atoms with van der Waals surface area (Å²) in [6.45, 7) is 12.0. The predicted octanol–water partition coefficient (Wildman–Crippen LogP) is 3.74. The van der Waals surface area contributed by atoms with Crippen LogP contribution in [0.25, 0.3) is 0 Å². The Balaban J connectivity index is 0.000000190. The molecule has 1 aromatic rings. The van der Waals surface area contributed by atoms with Gasteiger partial charge in [-0.25, -0.2) is 0 Å². The summed E-state index contributed by atoms with van der Waals surface area (Å²) in [6, 6.07) is 7.69. The number of nitrogen functional groups attached to an aromatic ring is 1. The molecule has 140 valence electrons. The highest BCUT2D eigenvalue weighted by Gasteiger charge is 2.24. The molecule has 5 nitrogen and oxygen atoms in total. The van der Waals surface area contributed by atoms with Crippen LogP contribution < -0.4 is 5.73 Å². The van der Waals surface area contributed by atoms with E-state index in [0.29, 0.717) is 6.42 Å². The van der Waals surface area contributed by atoms with Gasteiger partial charge in [-0.05, 0) is 44.9 Å². The maximum Gasteiger partial charge on any atom is 0.222 e. The van der Waals surface area contributed by atoms with Crippen LogP contribution in [0.15, 0.2) is 46.5 Å². The number of nitrogens with two attached hydrogens (primary N) is 1. The summed E-state index contributed by atoms with van der Waals surface area (Å²) >= 11 is 1.48. The zero-order valence-electron chi connectivity index (χ0n) is 15.7. The number of amides is 1. The second-order valence-electron chi connectivity index (χ2n) is 6.37. The highest BCUT2D eigenvalue weighted by atomic mass is 32.2. The van der Waals surface area contributed by atoms with Gasteiger partial charge in [0.2, 0.25) is 5.91 Å². The van der Waals surface area contributed by atoms with E-state index in [1.54, 1.807) is 6.92 Å². The van der Waals surface area contributed by atoms with Crippen molar-refractivity contribution in [2.75, 3.05) is 18.8 Å². The molecule has 2 aliphatic heterocycles. The Bertz CT molecular complexity index is 725. The zero-order chi connectivity index (χ0) is 19.3. The van der Waals surface area contributed by atoms with E-state index in [4.69, 9.17) is 5.73 Å². The summed E-state index contributed by atoms with van der Waals surface area (Å²) in [6.07, 6.45) is 1.70. The second kappa shape index (κ2) is 8.94. The normalized spacial score (nSPS) is 16.9. The summed E-state index contributed by atoms with van der Waals surface area (Å²) in [5.74, 6) is 0.399. The van der Waals surface area contributed by atoms with Crippen LogP contribution in [0.4, 0.5) is 5.69 Å². The maximum atomic E-state index is 11.3. The average molecular weight is 374 g/mol. The van der Waals surface area contributed by atoms with Crippen LogP contribution in [0, 0.1) is 0 Å². The Labute approximate surface area is 159 Å². The molecule has 0 atom stereocenters. The number of hydrogen-bond donors (Lipinski definition) is 1. The summed E-state index contributed by atoms with van der Waals surface area (Å²) in [4.78, 5) is 27.3. The molecule has 1 amide bonds. The van der Waals surface area contributed by atoms with E-state index >= 15 is 0 Å². The van der Waals surface area contributed by atoms with Gasteiger partial charge >= 0.3 is 0 Å². The number of allylic oxidation sites excluding steroid dienone is 2. The number of likely N-dealkylation sites (tertiary alicyclic amines) is 1. The largest absolute Gasteiger partial charge is 0.399 e. The lowest BCUT2D eigenvalue weighted by molar-refractivity contribution is -0.128. The number of carbonyl (C=O) groups is 2. The summed E-state index contributed by atoms with van der Waals surface area (Å²) in [5.41, 5.74) is 8.54. The Morgan fingerprint density at radius 2 is 1.96 bits per heavy atom. The number of rotatable bonds is 4. The van der Waals surface area contributed by atoms with Crippen molar-refractivity contribution in [1.82, 2.24) is 9.80 Å². The van der Waals surface area contributed by atoms with Crippen LogP contribution in [-0.2, 0) is 16.1 Å². The first-order valence-electron chi connectivity index (χ1n) is 8.81. The Kier molecular flexibility index (Phi) is 6.91. The quantitative estimate of drug-likeness (QED) is 0.815. The first-order chi connectivity index (χ1) is 12.3. The van der Waals surface area contributed by atoms with E-state index < -0.39 is 0 Å². The van der Waals surface area contributed by atoms with Crippen molar-refractivity contribution in [3.05, 3.63) is 52.0 Å². The molecule has 1 saturated heterocycles. The van der Waals surface area contributed by atoms with E-state index in [1.807, 2.05) is 36.1 Å². The van der Waals surface area contributed by atoms with Crippen molar-refractivity contribution >= 4 is 29.1 Å². The molecule has 2 N–H and O–H groups in total. The van der Waals surface area contributed by atoms with Gasteiger partial charge in [-0.3, -0.25) is 9.59 Å². The van der Waals surface area contributed by atoms with E-state index in [0.717, 1.165) is 52.9 Å². The Morgan fingerprint density at radius 3 is 2.38 bits per heavy atom. The molecule has 2 aliphatic rings. The molecule has 0 unspecified atom stereocenters. The van der Waals surface area contributed by atoms with Gasteiger partial charge in [0.1, 0.15) is 0 Å². The Morgan fingerprint density at radius 1 is 1.31 bits per heavy atom. The van der Waals surface area contributed by atoms with Gasteiger partial charge in [-0.1, -0.05) is 30.5 Å². The predicted molar refractivity (Wildman–Crippen MR) is 108 cm³/mol. The van der Waals surface area contributed by atoms with Crippen LogP contribution in [-0.4, -0.2) is 34.6 Å². The third-order valence-corrected chi connectivity index (χ3v) is 5.66. The highest BCUT2D eigenvalue weighted by Crippen LogP contribution is 2.39. The van der Waals surface area contributed by atoms with Crippen LogP contribution >= 0.6 is 11.8 Å². The number of ketones is 1. The van der Waals surface area contributed by atoms with E-state index in [2.05, 4.69) is 18.4 Å². The van der Waals surface area contributed by atoms with Crippen LogP contribution in [0.2, 0.25) is 0 Å². The van der Waals surface area contributed by atoms with Gasteiger partial charge in [-0.2, -0.15) is 0 Å². The highest BCUT2D eigenvalue weighted by molar-refractivity contribution is 8.07. The molecular formula is C20H27N3O2S. The molecule has 0 aliphatic carbocycles. The first-order valence-corrected chi connectivity index (χ1v) is 9.63. The van der Waals surface area contributed by atoms with Gasteiger partial charge in [0, 0.05) is 37.4 Å². The van der Waals surface area contributed by atoms with Gasteiger partial charge in [-0.15, -0.1) is 0 Å². The lowest BCUT2D eigenvalue weighted by Crippen LogP contribution is -2.23. The molecule has 0 bridgehead atoms. The fraction of sp³-hybridized carbons (Fsp3) is 0.400. The Hall–Kier alpha value is -2.21. The fourth-order valence-electron chi connectivity index (χ4n) is 3.01. The van der Waals surface area contributed by atoms with Crippen molar-refractivity contribution in [1.29, 1.82) is 0 Å². The maximum absolute atomic E-state index is 11.3. The molecular weight excluding hydrogens is 346 g/mol. The van der Waals surface area contributed by atoms with E-state index in [-0.39, 0.29) is 11.7 Å². The minimum Gasteiger partial charge on any atom is -0.399 e. The van der Waals surface area contributed by atoms with Crippen molar-refractivity contribution in [2.45, 2.75) is 40.2 Å². The molecule has 0 aromatic heterocycles. The van der Waals surface area contributed by atoms with Crippen molar-refractivity contribution < 1.29 is 9.59 Å². The van der Waals surface area contributed by atoms with E-state index in [1.165, 1.54) is 11.8 Å². The summed E-state index contributed by atoms with van der Waals surface area (Å²) in [5, 5.41) is 0.959. The second-order valence-corrected chi connectivity index (χ2v) is 7.45. The minimum absolute atomic E-state index is 0.134. The number of thioether (sulfide) groups is 1. The van der Waals surface area contributed by atoms with Gasteiger partial charge < -0.3 is 15.5 Å². The number of carbonyl (C=O) groups excluding carboxylic acids is 2. The van der Waals surface area contributed by atoms with Gasteiger partial charge in [0.15, 0.2) is 5.78 Å². The number of Topliss-reactive ketones (excluding diaryl/α,β-unsaturated/α-hetero) is 1. The van der Waals surface area contributed by atoms with Crippen LogP contribution in [0.1, 0.15) is 39.2 Å². The molecule has 1 aromatic carbocycles. The summed E-state index contributed by atoms with van der Waals surface area (Å²) < 4.78 is 0. The third kappa shape index (κ3) is 4.91. The minimum atomic E-state index is 0.134. The van der Waals surface area contributed by atoms with Gasteiger partial charge in [0.25, 0.3) is 0 Å². The molecule has 6 heteroatoms.